The summed E-state index contributed by atoms with van der Waals surface area (Å²) < 4.78 is 71.8. The molecule has 2 heterocycles. The van der Waals surface area contributed by atoms with Gasteiger partial charge in [-0.05, 0) is 31.5 Å². The van der Waals surface area contributed by atoms with Gasteiger partial charge in [0.25, 0.3) is 0 Å². The van der Waals surface area contributed by atoms with Gasteiger partial charge in [0.2, 0.25) is 11.7 Å². The van der Waals surface area contributed by atoms with Crippen LogP contribution in [0.1, 0.15) is 31.5 Å². The summed E-state index contributed by atoms with van der Waals surface area (Å²) in [6, 6.07) is 2.94. The SMILES string of the molecule is CCN(NC(=O)C(F)(F)F)C(=O)NC(C)c1ncc(-c2cccc(F)c2-c2noc(C)n2)cc1F. The van der Waals surface area contributed by atoms with E-state index >= 15 is 0 Å². The molecular formula is C21H19F5N6O3. The van der Waals surface area contributed by atoms with E-state index in [9.17, 15) is 31.5 Å². The van der Waals surface area contributed by atoms with Crippen LogP contribution in [0.4, 0.5) is 26.7 Å². The maximum Gasteiger partial charge on any atom is 0.472 e. The van der Waals surface area contributed by atoms with Gasteiger partial charge in [-0.25, -0.2) is 18.6 Å². The lowest BCUT2D eigenvalue weighted by molar-refractivity contribution is -0.177. The first-order chi connectivity index (χ1) is 16.4. The Morgan fingerprint density at radius 1 is 1.20 bits per heavy atom. The number of aromatic nitrogens is 3. The lowest BCUT2D eigenvalue weighted by Gasteiger charge is -2.24. The maximum atomic E-state index is 14.9. The van der Waals surface area contributed by atoms with Gasteiger partial charge >= 0.3 is 18.1 Å². The van der Waals surface area contributed by atoms with Crippen LogP contribution in [0.15, 0.2) is 35.0 Å². The molecule has 1 atom stereocenters. The number of hydrogen-bond acceptors (Lipinski definition) is 6. The molecule has 35 heavy (non-hydrogen) atoms. The zero-order valence-corrected chi connectivity index (χ0v) is 18.6. The standard InChI is InChI=1S/C21H19F5N6O3/c1-4-32(30-19(33)21(24,25)26)20(34)28-10(2)17-15(23)8-12(9-27-17)13-6-5-7-14(22)16(13)18-29-11(3)35-31-18/h5-10H,4H2,1-3H3,(H,28,34)(H,30,33). The summed E-state index contributed by atoms with van der Waals surface area (Å²) in [6.45, 7) is 3.90. The van der Waals surface area contributed by atoms with Crippen molar-refractivity contribution in [3.8, 4) is 22.5 Å². The normalized spacial score (nSPS) is 12.2. The van der Waals surface area contributed by atoms with Crippen LogP contribution in [-0.2, 0) is 4.79 Å². The number of benzene rings is 1. The van der Waals surface area contributed by atoms with Crippen molar-refractivity contribution in [1.29, 1.82) is 0 Å². The lowest BCUT2D eigenvalue weighted by atomic mass is 9.99. The molecule has 0 aliphatic heterocycles. The van der Waals surface area contributed by atoms with E-state index in [0.29, 0.717) is 5.01 Å². The number of alkyl halides is 3. The summed E-state index contributed by atoms with van der Waals surface area (Å²) in [7, 11) is 0. The van der Waals surface area contributed by atoms with E-state index in [1.807, 2.05) is 0 Å². The predicted molar refractivity (Wildman–Crippen MR) is 111 cm³/mol. The van der Waals surface area contributed by atoms with E-state index in [2.05, 4.69) is 20.4 Å². The van der Waals surface area contributed by atoms with Crippen LogP contribution < -0.4 is 10.7 Å². The Kier molecular flexibility index (Phi) is 7.31. The average molecular weight is 498 g/mol. The molecule has 186 valence electrons. The van der Waals surface area contributed by atoms with Gasteiger partial charge in [0, 0.05) is 25.2 Å². The Balaban J connectivity index is 1.83. The molecule has 0 fully saturated rings. The molecule has 3 aromatic rings. The zero-order chi connectivity index (χ0) is 25.9. The number of nitrogens with one attached hydrogen (secondary N) is 2. The van der Waals surface area contributed by atoms with Crippen LogP contribution >= 0.6 is 0 Å². The van der Waals surface area contributed by atoms with Crippen LogP contribution in [0, 0.1) is 18.6 Å². The highest BCUT2D eigenvalue weighted by Gasteiger charge is 2.40. The largest absolute Gasteiger partial charge is 0.472 e. The number of nitrogens with zero attached hydrogens (tertiary/aromatic N) is 4. The summed E-state index contributed by atoms with van der Waals surface area (Å²) in [6.07, 6.45) is -3.96. The summed E-state index contributed by atoms with van der Waals surface area (Å²) in [5.74, 6) is -3.73. The van der Waals surface area contributed by atoms with Crippen molar-refractivity contribution >= 4 is 11.9 Å². The number of carbonyl (C=O) groups is 2. The molecule has 14 heteroatoms. The van der Waals surface area contributed by atoms with Crippen LogP contribution in [-0.4, -0.2) is 44.8 Å². The minimum atomic E-state index is -5.20. The van der Waals surface area contributed by atoms with Gasteiger partial charge in [0.15, 0.2) is 0 Å². The van der Waals surface area contributed by atoms with Gasteiger partial charge in [-0.1, -0.05) is 17.3 Å². The highest BCUT2D eigenvalue weighted by molar-refractivity contribution is 5.85. The van der Waals surface area contributed by atoms with Crippen molar-refractivity contribution in [1.82, 2.24) is 30.9 Å². The van der Waals surface area contributed by atoms with Gasteiger partial charge in [-0.2, -0.15) is 18.2 Å². The molecule has 0 saturated carbocycles. The Morgan fingerprint density at radius 2 is 1.91 bits per heavy atom. The minimum Gasteiger partial charge on any atom is -0.339 e. The Hall–Kier alpha value is -4.10. The quantitative estimate of drug-likeness (QED) is 0.405. The molecule has 1 unspecified atom stereocenters. The van der Waals surface area contributed by atoms with Crippen LogP contribution in [0.3, 0.4) is 0 Å². The average Bonchev–Trinajstić information content (AvgIpc) is 3.21. The highest BCUT2D eigenvalue weighted by atomic mass is 19.4. The second-order valence-electron chi connectivity index (χ2n) is 7.24. The van der Waals surface area contributed by atoms with E-state index in [1.54, 1.807) is 0 Å². The molecule has 0 aliphatic carbocycles. The Bertz CT molecular complexity index is 1250. The highest BCUT2D eigenvalue weighted by Crippen LogP contribution is 2.33. The third kappa shape index (κ3) is 5.70. The molecule has 2 N–H and O–H groups in total. The summed E-state index contributed by atoms with van der Waals surface area (Å²) in [5, 5.41) is 6.36. The third-order valence-corrected chi connectivity index (χ3v) is 4.75. The summed E-state index contributed by atoms with van der Waals surface area (Å²) in [4.78, 5) is 31.4. The number of amides is 3. The molecule has 0 saturated heterocycles. The fraction of sp³-hybridized carbons (Fsp3) is 0.286. The number of urea groups is 1. The van der Waals surface area contributed by atoms with E-state index in [-0.39, 0.29) is 40.6 Å². The first-order valence-electron chi connectivity index (χ1n) is 10.1. The van der Waals surface area contributed by atoms with Crippen molar-refractivity contribution in [2.24, 2.45) is 0 Å². The van der Waals surface area contributed by atoms with E-state index in [1.165, 1.54) is 50.6 Å². The number of pyridine rings is 1. The topological polar surface area (TPSA) is 113 Å². The van der Waals surface area contributed by atoms with Crippen molar-refractivity contribution in [2.45, 2.75) is 33.0 Å². The fourth-order valence-electron chi connectivity index (χ4n) is 3.10. The number of rotatable bonds is 5. The second kappa shape index (κ2) is 10.0. The molecule has 3 rings (SSSR count). The number of carbonyl (C=O) groups excluding carboxylic acids is 2. The van der Waals surface area contributed by atoms with Gasteiger partial charge in [0.05, 0.1) is 17.3 Å². The van der Waals surface area contributed by atoms with E-state index in [4.69, 9.17) is 4.52 Å². The molecule has 3 amide bonds. The molecule has 0 spiro atoms. The van der Waals surface area contributed by atoms with Gasteiger partial charge < -0.3 is 9.84 Å². The number of hydrogen-bond donors (Lipinski definition) is 2. The van der Waals surface area contributed by atoms with E-state index in [0.717, 1.165) is 6.07 Å². The minimum absolute atomic E-state index is 0.0290. The Morgan fingerprint density at radius 3 is 2.49 bits per heavy atom. The molecule has 0 bridgehead atoms. The lowest BCUT2D eigenvalue weighted by Crippen LogP contribution is -2.54. The van der Waals surface area contributed by atoms with Crippen molar-refractivity contribution < 1.29 is 36.1 Å². The molecule has 1 aromatic carbocycles. The smallest absolute Gasteiger partial charge is 0.339 e. The molecular weight excluding hydrogens is 479 g/mol. The molecule has 0 radical (unpaired) electrons. The predicted octanol–water partition coefficient (Wildman–Crippen LogP) is 4.07. The van der Waals surface area contributed by atoms with Gasteiger partial charge in [0.1, 0.15) is 11.6 Å². The van der Waals surface area contributed by atoms with E-state index < -0.39 is 35.8 Å². The van der Waals surface area contributed by atoms with Crippen LogP contribution in [0.5, 0.6) is 0 Å². The van der Waals surface area contributed by atoms with Gasteiger partial charge in [-0.3, -0.25) is 15.2 Å². The fourth-order valence-corrected chi connectivity index (χ4v) is 3.10. The monoisotopic (exact) mass is 498 g/mol. The van der Waals surface area contributed by atoms with Crippen LogP contribution in [0.2, 0.25) is 0 Å². The first-order valence-corrected chi connectivity index (χ1v) is 10.1. The summed E-state index contributed by atoms with van der Waals surface area (Å²) >= 11 is 0. The third-order valence-electron chi connectivity index (χ3n) is 4.75. The Labute approximate surface area is 195 Å². The zero-order valence-electron chi connectivity index (χ0n) is 18.6. The number of hydrazine groups is 1. The van der Waals surface area contributed by atoms with Crippen molar-refractivity contribution in [2.75, 3.05) is 6.54 Å². The molecule has 9 nitrogen and oxygen atoms in total. The van der Waals surface area contributed by atoms with Crippen molar-refractivity contribution in [3.05, 3.63) is 53.7 Å². The molecule has 0 aliphatic rings. The maximum absolute atomic E-state index is 14.9. The first kappa shape index (κ1) is 25.5. The van der Waals surface area contributed by atoms with Crippen molar-refractivity contribution in [3.63, 3.8) is 0 Å². The second-order valence-corrected chi connectivity index (χ2v) is 7.24. The number of aryl methyl sites for hydroxylation is 1. The van der Waals surface area contributed by atoms with Gasteiger partial charge in [-0.15, -0.1) is 0 Å². The van der Waals surface area contributed by atoms with Crippen LogP contribution in [0.25, 0.3) is 22.5 Å². The number of halogens is 5. The molecule has 2 aromatic heterocycles. The summed E-state index contributed by atoms with van der Waals surface area (Å²) in [5.41, 5.74) is 1.56.